The lowest BCUT2D eigenvalue weighted by atomic mass is 9.70. The fourth-order valence-corrected chi connectivity index (χ4v) is 4.10. The predicted molar refractivity (Wildman–Crippen MR) is 101 cm³/mol. The number of carbonyl (C=O) groups is 1. The van der Waals surface area contributed by atoms with Crippen LogP contribution in [0.2, 0.25) is 5.02 Å². The van der Waals surface area contributed by atoms with E-state index >= 15 is 0 Å². The number of aliphatic carboxylic acids is 1. The van der Waals surface area contributed by atoms with Crippen LogP contribution >= 0.6 is 23.2 Å². The van der Waals surface area contributed by atoms with Crippen LogP contribution in [-0.4, -0.2) is 34.4 Å². The minimum Gasteiger partial charge on any atom is -0.481 e. The maximum atomic E-state index is 12.2. The van der Waals surface area contributed by atoms with E-state index < -0.39 is 11.4 Å². The first-order valence-electron chi connectivity index (χ1n) is 8.38. The summed E-state index contributed by atoms with van der Waals surface area (Å²) in [4.78, 5) is 14.4. The average Bonchev–Trinajstić information content (AvgIpc) is 2.64. The van der Waals surface area contributed by atoms with Crippen LogP contribution in [0.3, 0.4) is 0 Å². The first-order chi connectivity index (χ1) is 12.0. The molecule has 25 heavy (non-hydrogen) atoms. The molecule has 1 aliphatic rings. The number of benzene rings is 2. The Morgan fingerprint density at radius 2 is 1.84 bits per heavy atom. The number of rotatable bonds is 5. The Morgan fingerprint density at radius 3 is 2.44 bits per heavy atom. The van der Waals surface area contributed by atoms with Gasteiger partial charge in [0.2, 0.25) is 0 Å². The zero-order valence-corrected chi connectivity index (χ0v) is 15.4. The van der Waals surface area contributed by atoms with Crippen LogP contribution in [0.15, 0.2) is 54.6 Å². The van der Waals surface area contributed by atoms with Gasteiger partial charge < -0.3 is 5.11 Å². The van der Waals surface area contributed by atoms with Gasteiger partial charge in [0, 0.05) is 30.0 Å². The highest BCUT2D eigenvalue weighted by molar-refractivity contribution is 6.30. The van der Waals surface area contributed by atoms with Gasteiger partial charge in [-0.15, -0.1) is 11.6 Å². The summed E-state index contributed by atoms with van der Waals surface area (Å²) in [5.74, 6) is -0.352. The highest BCUT2D eigenvalue weighted by Crippen LogP contribution is 2.39. The number of piperidine rings is 1. The maximum Gasteiger partial charge on any atom is 0.314 e. The predicted octanol–water partition coefficient (Wildman–Crippen LogP) is 4.57. The second kappa shape index (κ2) is 7.77. The maximum absolute atomic E-state index is 12.2. The van der Waals surface area contributed by atoms with Crippen molar-refractivity contribution in [3.8, 4) is 0 Å². The molecule has 0 aliphatic carbocycles. The molecule has 0 amide bonds. The van der Waals surface area contributed by atoms with Crippen LogP contribution < -0.4 is 0 Å². The molecule has 0 bridgehead atoms. The van der Waals surface area contributed by atoms with Crippen LogP contribution in [0.25, 0.3) is 0 Å². The summed E-state index contributed by atoms with van der Waals surface area (Å²) >= 11 is 12.2. The van der Waals surface area contributed by atoms with Crippen molar-refractivity contribution in [2.45, 2.75) is 30.8 Å². The molecule has 0 unspecified atom stereocenters. The lowest BCUT2D eigenvalue weighted by Crippen LogP contribution is -2.52. The third-order valence-electron chi connectivity index (χ3n) is 5.14. The first-order valence-corrected chi connectivity index (χ1v) is 9.30. The van der Waals surface area contributed by atoms with E-state index in [1.165, 1.54) is 0 Å². The summed E-state index contributed by atoms with van der Waals surface area (Å²) in [6.45, 7) is 1.44. The zero-order valence-electron chi connectivity index (χ0n) is 13.9. The molecule has 132 valence electrons. The van der Waals surface area contributed by atoms with Crippen molar-refractivity contribution in [2.75, 3.05) is 12.4 Å². The number of hydrogen-bond donors (Lipinski definition) is 1. The van der Waals surface area contributed by atoms with Crippen LogP contribution in [0.5, 0.6) is 0 Å². The number of likely N-dealkylation sites (tertiary alicyclic amines) is 1. The molecule has 5 heteroatoms. The van der Waals surface area contributed by atoms with E-state index in [0.29, 0.717) is 30.3 Å². The quantitative estimate of drug-likeness (QED) is 0.776. The van der Waals surface area contributed by atoms with Crippen molar-refractivity contribution in [3.05, 3.63) is 70.7 Å². The number of nitrogens with zero attached hydrogens (tertiary/aromatic N) is 1. The molecular weight excluding hydrogens is 357 g/mol. The lowest BCUT2D eigenvalue weighted by Gasteiger charge is -2.44. The molecule has 0 spiro atoms. The Morgan fingerprint density at radius 1 is 1.16 bits per heavy atom. The largest absolute Gasteiger partial charge is 0.481 e. The second-order valence-corrected chi connectivity index (χ2v) is 7.36. The van der Waals surface area contributed by atoms with Crippen molar-refractivity contribution < 1.29 is 9.90 Å². The van der Waals surface area contributed by atoms with Crippen LogP contribution in [0.1, 0.15) is 24.0 Å². The summed E-state index contributed by atoms with van der Waals surface area (Å²) in [5.41, 5.74) is 1.16. The molecule has 1 aliphatic heterocycles. The van der Waals surface area contributed by atoms with E-state index in [1.54, 1.807) is 0 Å². The Balaban J connectivity index is 1.82. The van der Waals surface area contributed by atoms with Crippen molar-refractivity contribution >= 4 is 29.2 Å². The molecule has 3 rings (SSSR count). The van der Waals surface area contributed by atoms with Gasteiger partial charge >= 0.3 is 5.97 Å². The van der Waals surface area contributed by atoms with Gasteiger partial charge in [-0.05, 0) is 36.1 Å². The SMILES string of the molecule is O=C(O)[C@]1(c2ccccc2)CCN(Cc2ccc(Cl)cc2)[C@@H](CCl)C1. The molecule has 1 fully saturated rings. The second-order valence-electron chi connectivity index (χ2n) is 6.61. The average molecular weight is 378 g/mol. The van der Waals surface area contributed by atoms with Gasteiger partial charge in [0.15, 0.2) is 0 Å². The fraction of sp³-hybridized carbons (Fsp3) is 0.350. The van der Waals surface area contributed by atoms with Gasteiger partial charge in [-0.2, -0.15) is 0 Å². The smallest absolute Gasteiger partial charge is 0.314 e. The van der Waals surface area contributed by atoms with E-state index in [0.717, 1.165) is 17.7 Å². The minimum absolute atomic E-state index is 0.0161. The fourth-order valence-electron chi connectivity index (χ4n) is 3.67. The van der Waals surface area contributed by atoms with Crippen molar-refractivity contribution in [3.63, 3.8) is 0 Å². The summed E-state index contributed by atoms with van der Waals surface area (Å²) in [6.07, 6.45) is 1.09. The summed E-state index contributed by atoms with van der Waals surface area (Å²) in [5, 5.41) is 10.7. The molecule has 0 saturated carbocycles. The van der Waals surface area contributed by atoms with Gasteiger partial charge in [-0.3, -0.25) is 9.69 Å². The van der Waals surface area contributed by atoms with Gasteiger partial charge in [0.25, 0.3) is 0 Å². The molecule has 1 N–H and O–H groups in total. The summed E-state index contributed by atoms with van der Waals surface area (Å²) < 4.78 is 0. The molecule has 0 aromatic heterocycles. The number of halogens is 2. The van der Waals surface area contributed by atoms with Gasteiger partial charge in [0.1, 0.15) is 0 Å². The summed E-state index contributed by atoms with van der Waals surface area (Å²) in [7, 11) is 0. The molecule has 1 heterocycles. The van der Waals surface area contributed by atoms with E-state index in [1.807, 2.05) is 54.6 Å². The molecule has 0 radical (unpaired) electrons. The highest BCUT2D eigenvalue weighted by Gasteiger charge is 2.46. The third kappa shape index (κ3) is 3.84. The van der Waals surface area contributed by atoms with Gasteiger partial charge in [-0.1, -0.05) is 54.1 Å². The molecule has 1 saturated heterocycles. The standard InChI is InChI=1S/C20H21Cl2NO2/c21-13-18-12-20(19(24)25,16-4-2-1-3-5-16)10-11-23(18)14-15-6-8-17(22)9-7-15/h1-9,18H,10-14H2,(H,24,25)/t18-,20-/m1/s1. The number of carboxylic acids is 1. The van der Waals surface area contributed by atoms with Crippen molar-refractivity contribution in [1.82, 2.24) is 4.90 Å². The number of alkyl halides is 1. The highest BCUT2D eigenvalue weighted by atomic mass is 35.5. The monoisotopic (exact) mass is 377 g/mol. The van der Waals surface area contributed by atoms with Gasteiger partial charge in [0.05, 0.1) is 5.41 Å². The van der Waals surface area contributed by atoms with Crippen LogP contribution in [0, 0.1) is 0 Å². The van der Waals surface area contributed by atoms with Crippen LogP contribution in [0.4, 0.5) is 0 Å². The Kier molecular flexibility index (Phi) is 5.67. The number of hydrogen-bond acceptors (Lipinski definition) is 2. The molecule has 2 atom stereocenters. The van der Waals surface area contributed by atoms with E-state index in [9.17, 15) is 9.90 Å². The Labute approximate surface area is 158 Å². The number of carboxylic acid groups (broad SMARTS) is 1. The molecule has 2 aromatic rings. The summed E-state index contributed by atoms with van der Waals surface area (Å²) in [6, 6.07) is 17.3. The molecule has 2 aromatic carbocycles. The lowest BCUT2D eigenvalue weighted by molar-refractivity contribution is -0.147. The van der Waals surface area contributed by atoms with Crippen LogP contribution in [-0.2, 0) is 16.8 Å². The third-order valence-corrected chi connectivity index (χ3v) is 5.75. The topological polar surface area (TPSA) is 40.5 Å². The normalized spacial score (nSPS) is 24.2. The Bertz CT molecular complexity index is 720. The van der Waals surface area contributed by atoms with Gasteiger partial charge in [-0.25, -0.2) is 0 Å². The minimum atomic E-state index is -0.864. The molecular formula is C20H21Cl2NO2. The van der Waals surface area contributed by atoms with Crippen molar-refractivity contribution in [1.29, 1.82) is 0 Å². The molecule has 3 nitrogen and oxygen atoms in total. The first kappa shape index (κ1) is 18.2. The van der Waals surface area contributed by atoms with E-state index in [-0.39, 0.29) is 6.04 Å². The van der Waals surface area contributed by atoms with Crippen molar-refractivity contribution in [2.24, 2.45) is 0 Å². The van der Waals surface area contributed by atoms with E-state index in [2.05, 4.69) is 4.90 Å². The Hall–Kier alpha value is -1.55. The van der Waals surface area contributed by atoms with E-state index in [4.69, 9.17) is 23.2 Å². The zero-order chi connectivity index (χ0) is 17.9.